The molecule has 0 radical (unpaired) electrons. The zero-order valence-electron chi connectivity index (χ0n) is 6.79. The van der Waals surface area contributed by atoms with E-state index in [9.17, 15) is 0 Å². The molecule has 1 rings (SSSR count). The van der Waals surface area contributed by atoms with Gasteiger partial charge in [0.15, 0.2) is 5.76 Å². The van der Waals surface area contributed by atoms with Gasteiger partial charge >= 0.3 is 0 Å². The minimum absolute atomic E-state index is 0.148. The molecule has 3 nitrogen and oxygen atoms in total. The molecule has 1 aliphatic heterocycles. The van der Waals surface area contributed by atoms with Gasteiger partial charge in [-0.2, -0.15) is 5.26 Å². The van der Waals surface area contributed by atoms with Crippen LogP contribution < -0.4 is 0 Å². The molecule has 1 heterocycles. The second kappa shape index (κ2) is 4.48. The van der Waals surface area contributed by atoms with Crippen molar-refractivity contribution < 1.29 is 9.47 Å². The van der Waals surface area contributed by atoms with Crippen LogP contribution in [0.15, 0.2) is 11.8 Å². The Morgan fingerprint density at radius 2 is 2.67 bits per heavy atom. The number of nitrogens with zero attached hydrogens (tertiary/aromatic N) is 1. The molecular formula is C8H10BrNO2. The lowest BCUT2D eigenvalue weighted by atomic mass is 10.2. The predicted octanol–water partition coefficient (Wildman–Crippen LogP) is 1.94. The van der Waals surface area contributed by atoms with Crippen LogP contribution in [0, 0.1) is 11.3 Å². The molecule has 0 bridgehead atoms. The monoisotopic (exact) mass is 231 g/mol. The second-order valence-corrected chi connectivity index (χ2v) is 3.55. The lowest BCUT2D eigenvalue weighted by Crippen LogP contribution is -2.29. The normalized spacial score (nSPS) is 28.6. The Balaban J connectivity index is 2.55. The van der Waals surface area contributed by atoms with Gasteiger partial charge in [-0.15, -0.1) is 0 Å². The molecule has 0 N–H and O–H groups in total. The Bertz CT molecular complexity index is 222. The third-order valence-electron chi connectivity index (χ3n) is 1.51. The molecule has 0 fully saturated rings. The third kappa shape index (κ3) is 2.23. The van der Waals surface area contributed by atoms with Crippen molar-refractivity contribution in [1.29, 1.82) is 5.26 Å². The molecule has 0 aliphatic carbocycles. The van der Waals surface area contributed by atoms with Crippen molar-refractivity contribution in [3.8, 4) is 6.07 Å². The van der Waals surface area contributed by atoms with Crippen molar-refractivity contribution >= 4 is 15.9 Å². The third-order valence-corrected chi connectivity index (χ3v) is 2.31. The first-order valence-corrected chi connectivity index (χ1v) is 4.72. The van der Waals surface area contributed by atoms with Gasteiger partial charge in [0, 0.05) is 6.61 Å². The highest BCUT2D eigenvalue weighted by Crippen LogP contribution is 2.23. The van der Waals surface area contributed by atoms with Crippen LogP contribution in [-0.4, -0.2) is 17.7 Å². The SMILES string of the molecule is CCO[C@@H]1OC(C#N)=CC[C@@H]1Br. The topological polar surface area (TPSA) is 42.2 Å². The molecule has 4 heteroatoms. The van der Waals surface area contributed by atoms with Crippen molar-refractivity contribution in [2.45, 2.75) is 24.5 Å². The van der Waals surface area contributed by atoms with Gasteiger partial charge in [0.2, 0.25) is 6.29 Å². The largest absolute Gasteiger partial charge is 0.454 e. The van der Waals surface area contributed by atoms with Crippen molar-refractivity contribution in [2.24, 2.45) is 0 Å². The minimum Gasteiger partial charge on any atom is -0.454 e. The summed E-state index contributed by atoms with van der Waals surface area (Å²) < 4.78 is 10.5. The maximum absolute atomic E-state index is 8.55. The quantitative estimate of drug-likeness (QED) is 0.683. The Labute approximate surface area is 80.1 Å². The highest BCUT2D eigenvalue weighted by atomic mass is 79.9. The molecule has 0 saturated carbocycles. The zero-order valence-corrected chi connectivity index (χ0v) is 8.37. The van der Waals surface area contributed by atoms with Crippen molar-refractivity contribution in [3.05, 3.63) is 11.8 Å². The smallest absolute Gasteiger partial charge is 0.213 e. The first kappa shape index (κ1) is 9.56. The summed E-state index contributed by atoms with van der Waals surface area (Å²) in [5.74, 6) is 0.351. The summed E-state index contributed by atoms with van der Waals surface area (Å²) in [6, 6.07) is 1.95. The maximum Gasteiger partial charge on any atom is 0.213 e. The zero-order chi connectivity index (χ0) is 8.97. The Kier molecular flexibility index (Phi) is 3.57. The molecule has 0 unspecified atom stereocenters. The first-order valence-electron chi connectivity index (χ1n) is 3.80. The number of halogens is 1. The summed E-state index contributed by atoms with van der Waals surface area (Å²) in [6.45, 7) is 2.49. The number of ether oxygens (including phenoxy) is 2. The van der Waals surface area contributed by atoms with E-state index < -0.39 is 0 Å². The first-order chi connectivity index (χ1) is 5.77. The minimum atomic E-state index is -0.324. The maximum atomic E-state index is 8.55. The van der Waals surface area contributed by atoms with Crippen LogP contribution in [0.4, 0.5) is 0 Å². The van der Waals surface area contributed by atoms with Crippen LogP contribution in [0.25, 0.3) is 0 Å². The van der Waals surface area contributed by atoms with Crippen molar-refractivity contribution in [3.63, 3.8) is 0 Å². The molecule has 66 valence electrons. The van der Waals surface area contributed by atoms with Gasteiger partial charge < -0.3 is 9.47 Å². The van der Waals surface area contributed by atoms with Gasteiger partial charge in [-0.3, -0.25) is 0 Å². The molecular weight excluding hydrogens is 222 g/mol. The molecule has 1 aliphatic rings. The summed E-state index contributed by atoms with van der Waals surface area (Å²) in [5, 5.41) is 8.55. The summed E-state index contributed by atoms with van der Waals surface area (Å²) in [4.78, 5) is 0.148. The van der Waals surface area contributed by atoms with E-state index in [-0.39, 0.29) is 11.1 Å². The molecule has 2 atom stereocenters. The molecule has 0 spiro atoms. The number of allylic oxidation sites excluding steroid dienone is 2. The van der Waals surface area contributed by atoms with Gasteiger partial charge in [-0.05, 0) is 19.4 Å². The number of nitriles is 1. The lowest BCUT2D eigenvalue weighted by Gasteiger charge is -2.25. The van der Waals surface area contributed by atoms with Crippen LogP contribution in [0.3, 0.4) is 0 Å². The highest BCUT2D eigenvalue weighted by molar-refractivity contribution is 9.09. The summed E-state index contributed by atoms with van der Waals surface area (Å²) in [6.07, 6.45) is 2.21. The average Bonchev–Trinajstić information content (AvgIpc) is 2.09. The van der Waals surface area contributed by atoms with Crippen LogP contribution in [0.1, 0.15) is 13.3 Å². The number of hydrogen-bond donors (Lipinski definition) is 0. The Morgan fingerprint density at radius 1 is 1.92 bits per heavy atom. The number of hydrogen-bond acceptors (Lipinski definition) is 3. The number of rotatable bonds is 2. The highest BCUT2D eigenvalue weighted by Gasteiger charge is 2.25. The van der Waals surface area contributed by atoms with Crippen LogP contribution >= 0.6 is 15.9 Å². The van der Waals surface area contributed by atoms with Gasteiger partial charge in [0.25, 0.3) is 0 Å². The van der Waals surface area contributed by atoms with E-state index >= 15 is 0 Å². The van der Waals surface area contributed by atoms with E-state index in [1.807, 2.05) is 13.0 Å². The second-order valence-electron chi connectivity index (χ2n) is 2.37. The van der Waals surface area contributed by atoms with Crippen LogP contribution in [-0.2, 0) is 9.47 Å². The van der Waals surface area contributed by atoms with Gasteiger partial charge in [0.05, 0.1) is 4.83 Å². The van der Waals surface area contributed by atoms with Gasteiger partial charge in [0.1, 0.15) is 6.07 Å². The summed E-state index contributed by atoms with van der Waals surface area (Å²) in [7, 11) is 0. The Morgan fingerprint density at radius 3 is 3.25 bits per heavy atom. The summed E-state index contributed by atoms with van der Waals surface area (Å²) in [5.41, 5.74) is 0. The van der Waals surface area contributed by atoms with Gasteiger partial charge in [-0.25, -0.2) is 0 Å². The molecule has 0 aromatic carbocycles. The van der Waals surface area contributed by atoms with E-state index in [2.05, 4.69) is 15.9 Å². The predicted molar refractivity (Wildman–Crippen MR) is 47.5 cm³/mol. The standard InChI is InChI=1S/C8H10BrNO2/c1-2-11-8-7(9)4-3-6(5-10)12-8/h3,7-8H,2,4H2,1H3/t7-,8+/m0/s1. The average molecular weight is 232 g/mol. The fourth-order valence-corrected chi connectivity index (χ4v) is 1.40. The molecule has 0 aromatic heterocycles. The van der Waals surface area contributed by atoms with Crippen molar-refractivity contribution in [2.75, 3.05) is 6.61 Å². The van der Waals surface area contributed by atoms with E-state index in [0.29, 0.717) is 12.4 Å². The van der Waals surface area contributed by atoms with Gasteiger partial charge in [-0.1, -0.05) is 15.9 Å². The van der Waals surface area contributed by atoms with E-state index in [1.165, 1.54) is 0 Å². The van der Waals surface area contributed by atoms with E-state index in [0.717, 1.165) is 6.42 Å². The molecule has 0 aromatic rings. The molecule has 0 amide bonds. The lowest BCUT2D eigenvalue weighted by molar-refractivity contribution is -0.112. The number of alkyl halides is 1. The fraction of sp³-hybridized carbons (Fsp3) is 0.625. The fourth-order valence-electron chi connectivity index (χ4n) is 0.953. The Hall–Kier alpha value is -0.530. The van der Waals surface area contributed by atoms with Crippen LogP contribution in [0.5, 0.6) is 0 Å². The van der Waals surface area contributed by atoms with Crippen molar-refractivity contribution in [1.82, 2.24) is 0 Å². The van der Waals surface area contributed by atoms with E-state index in [1.54, 1.807) is 6.08 Å². The van der Waals surface area contributed by atoms with Crippen LogP contribution in [0.2, 0.25) is 0 Å². The van der Waals surface area contributed by atoms with E-state index in [4.69, 9.17) is 14.7 Å². The summed E-state index contributed by atoms with van der Waals surface area (Å²) >= 11 is 3.41. The molecule has 12 heavy (non-hydrogen) atoms. The molecule has 0 saturated heterocycles.